The van der Waals surface area contributed by atoms with Crippen molar-refractivity contribution >= 4 is 11.9 Å². The van der Waals surface area contributed by atoms with Gasteiger partial charge in [-0.3, -0.25) is 14.7 Å². The van der Waals surface area contributed by atoms with Gasteiger partial charge >= 0.3 is 0 Å². The Morgan fingerprint density at radius 3 is 2.67 bits per heavy atom. The molecule has 5 heterocycles. The number of anilines is 1. The zero-order valence-electron chi connectivity index (χ0n) is 24.9. The number of ether oxygens (including phenoxy) is 1. The van der Waals surface area contributed by atoms with Gasteiger partial charge in [0.2, 0.25) is 5.95 Å². The van der Waals surface area contributed by atoms with Crippen LogP contribution in [-0.4, -0.2) is 87.6 Å². The quantitative estimate of drug-likeness (QED) is 0.414. The lowest BCUT2D eigenvalue weighted by Crippen LogP contribution is -2.67. The highest BCUT2D eigenvalue weighted by molar-refractivity contribution is 5.99. The number of likely N-dealkylation sites (tertiary alicyclic amines) is 2. The van der Waals surface area contributed by atoms with Gasteiger partial charge in [0.25, 0.3) is 5.91 Å². The molecule has 1 N–H and O–H groups in total. The van der Waals surface area contributed by atoms with Crippen molar-refractivity contribution in [3.05, 3.63) is 70.6 Å². The van der Waals surface area contributed by atoms with Gasteiger partial charge in [-0.05, 0) is 62.9 Å². The van der Waals surface area contributed by atoms with Gasteiger partial charge in [0.1, 0.15) is 0 Å². The van der Waals surface area contributed by atoms with E-state index < -0.39 is 5.82 Å². The van der Waals surface area contributed by atoms with Crippen LogP contribution >= 0.6 is 0 Å². The van der Waals surface area contributed by atoms with E-state index in [1.165, 1.54) is 23.7 Å². The Morgan fingerprint density at radius 1 is 1.17 bits per heavy atom. The number of pyridine rings is 1. The maximum atomic E-state index is 14.4. The molecule has 4 aliphatic rings. The fourth-order valence-corrected chi connectivity index (χ4v) is 7.59. The summed E-state index contributed by atoms with van der Waals surface area (Å²) in [5, 5.41) is 3.16. The zero-order chi connectivity index (χ0) is 29.2. The fraction of sp³-hybridized carbons (Fsp3) is 0.531. The van der Waals surface area contributed by atoms with E-state index in [-0.39, 0.29) is 23.1 Å². The molecule has 0 radical (unpaired) electrons. The summed E-state index contributed by atoms with van der Waals surface area (Å²) < 4.78 is 21.9. The first-order valence-corrected chi connectivity index (χ1v) is 15.2. The number of rotatable bonds is 9. The Labute approximate surface area is 246 Å². The van der Waals surface area contributed by atoms with Crippen molar-refractivity contribution in [3.63, 3.8) is 0 Å². The van der Waals surface area contributed by atoms with E-state index in [0.29, 0.717) is 37.5 Å². The number of aromatic nitrogens is 3. The molecule has 3 atom stereocenters. The lowest BCUT2D eigenvalue weighted by molar-refractivity contribution is -0.0670. The molecule has 1 amide bonds. The number of hydrogen-bond acceptors (Lipinski definition) is 7. The van der Waals surface area contributed by atoms with Gasteiger partial charge < -0.3 is 24.4 Å². The number of benzene rings is 1. The summed E-state index contributed by atoms with van der Waals surface area (Å²) >= 11 is 0. The summed E-state index contributed by atoms with van der Waals surface area (Å²) in [6.45, 7) is 8.53. The third-order valence-electron chi connectivity index (χ3n) is 9.84. The second kappa shape index (κ2) is 10.3. The lowest BCUT2D eigenvalue weighted by atomic mass is 9.79. The molecule has 9 nitrogen and oxygen atoms in total. The van der Waals surface area contributed by atoms with Crippen LogP contribution < -0.4 is 10.1 Å². The summed E-state index contributed by atoms with van der Waals surface area (Å²) in [5.41, 5.74) is 5.04. The maximum Gasteiger partial charge on any atom is 0.254 e. The monoisotopic (exact) mass is 573 g/mol. The average Bonchev–Trinajstić information content (AvgIpc) is 3.61. The van der Waals surface area contributed by atoms with Crippen molar-refractivity contribution in [3.8, 4) is 5.75 Å². The highest BCUT2D eigenvalue weighted by atomic mass is 19.1. The van der Waals surface area contributed by atoms with Crippen LogP contribution in [0.2, 0.25) is 0 Å². The van der Waals surface area contributed by atoms with Crippen LogP contribution in [0.4, 0.5) is 10.3 Å². The van der Waals surface area contributed by atoms with Crippen molar-refractivity contribution in [2.24, 2.45) is 0 Å². The third kappa shape index (κ3) is 4.55. The number of nitrogens with one attached hydrogen (secondary N) is 1. The number of hydrogen-bond donors (Lipinski definition) is 1. The Morgan fingerprint density at radius 2 is 1.95 bits per heavy atom. The Balaban J connectivity index is 1.27. The molecule has 2 bridgehead atoms. The van der Waals surface area contributed by atoms with Crippen LogP contribution in [0.3, 0.4) is 0 Å². The fourth-order valence-electron chi connectivity index (χ4n) is 7.59. The first kappa shape index (κ1) is 27.3. The van der Waals surface area contributed by atoms with Gasteiger partial charge in [-0.2, -0.15) is 0 Å². The lowest BCUT2D eigenvalue weighted by Gasteiger charge is -2.56. The normalized spacial score (nSPS) is 23.5. The predicted molar refractivity (Wildman–Crippen MR) is 158 cm³/mol. The number of piperazine rings is 1. The van der Waals surface area contributed by atoms with Crippen molar-refractivity contribution in [1.29, 1.82) is 0 Å². The largest absolute Gasteiger partial charge is 0.491 e. The highest BCUT2D eigenvalue weighted by Gasteiger charge is 2.54. The number of amides is 1. The van der Waals surface area contributed by atoms with Crippen LogP contribution in [0, 0.1) is 5.82 Å². The van der Waals surface area contributed by atoms with Gasteiger partial charge in [0.05, 0.1) is 31.1 Å². The minimum absolute atomic E-state index is 0.0187. The standard InChI is InChI=1S/C32H40FN7O2/c1-5-42-28-13-27(36-14-26(28)33)20(2)40-19-32(6-7-32)29-22(16-39-23-12-24(39)18-37(4)17-23)10-21(11-25(29)30(40)41)15-38-9-8-35-31(38)34-3/h8-11,13-14,20,23-24H,5-7,12,15-19H2,1-4H3,(H,34,35)/t20-,23?,24?/m0/s1. The van der Waals surface area contributed by atoms with Crippen LogP contribution in [0.1, 0.15) is 71.9 Å². The predicted octanol–water partition coefficient (Wildman–Crippen LogP) is 4.04. The molecule has 3 aliphatic heterocycles. The summed E-state index contributed by atoms with van der Waals surface area (Å²) in [6, 6.07) is 6.93. The molecule has 10 heteroatoms. The van der Waals surface area contributed by atoms with Crippen LogP contribution in [0.25, 0.3) is 0 Å². The Kier molecular flexibility index (Phi) is 6.73. The molecule has 2 aromatic heterocycles. The van der Waals surface area contributed by atoms with E-state index in [9.17, 15) is 9.18 Å². The van der Waals surface area contributed by atoms with E-state index in [2.05, 4.69) is 48.8 Å². The van der Waals surface area contributed by atoms with Gasteiger partial charge in [-0.1, -0.05) is 6.07 Å². The molecule has 1 spiro atoms. The molecule has 42 heavy (non-hydrogen) atoms. The number of fused-ring (bicyclic) bond motifs is 4. The number of carbonyl (C=O) groups excluding carboxylic acids is 1. The van der Waals surface area contributed by atoms with E-state index in [4.69, 9.17) is 4.74 Å². The van der Waals surface area contributed by atoms with Crippen molar-refractivity contribution in [2.75, 3.05) is 45.7 Å². The van der Waals surface area contributed by atoms with Gasteiger partial charge in [-0.15, -0.1) is 0 Å². The number of halogens is 1. The van der Waals surface area contributed by atoms with Crippen molar-refractivity contribution < 1.29 is 13.9 Å². The van der Waals surface area contributed by atoms with E-state index in [1.54, 1.807) is 12.3 Å². The molecule has 2 saturated heterocycles. The van der Waals surface area contributed by atoms with Crippen LogP contribution in [-0.2, 0) is 18.5 Å². The molecular weight excluding hydrogens is 533 g/mol. The molecule has 1 aliphatic carbocycles. The van der Waals surface area contributed by atoms with Gasteiger partial charge in [0.15, 0.2) is 11.6 Å². The number of likely N-dealkylation sites (N-methyl/N-ethyl adjacent to an activating group) is 1. The SMILES string of the molecule is CCOc1cc([C@H](C)N2CC3(CC3)c3c(CN4C5CC4CN(C)C5)cc(Cn4ccnc4NC)cc3C2=O)ncc1F. The Hall–Kier alpha value is -3.50. The first-order valence-electron chi connectivity index (χ1n) is 15.2. The second-order valence-corrected chi connectivity index (χ2v) is 12.6. The summed E-state index contributed by atoms with van der Waals surface area (Å²) in [6.07, 6.45) is 8.35. The van der Waals surface area contributed by atoms with Crippen LogP contribution in [0.15, 0.2) is 36.8 Å². The highest BCUT2D eigenvalue weighted by Crippen LogP contribution is 2.55. The van der Waals surface area contributed by atoms with Crippen LogP contribution in [0.5, 0.6) is 5.75 Å². The molecule has 3 fully saturated rings. The summed E-state index contributed by atoms with van der Waals surface area (Å²) in [4.78, 5) is 30.2. The number of imidazole rings is 1. The van der Waals surface area contributed by atoms with Gasteiger partial charge in [0, 0.05) is 74.7 Å². The molecule has 1 aromatic carbocycles. The minimum atomic E-state index is -0.488. The summed E-state index contributed by atoms with van der Waals surface area (Å²) in [5.74, 6) is 0.502. The maximum absolute atomic E-state index is 14.4. The molecule has 7 rings (SSSR count). The minimum Gasteiger partial charge on any atom is -0.491 e. The number of carbonyl (C=O) groups is 1. The third-order valence-corrected chi connectivity index (χ3v) is 9.84. The van der Waals surface area contributed by atoms with Crippen molar-refractivity contribution in [1.82, 2.24) is 29.2 Å². The van der Waals surface area contributed by atoms with E-state index in [0.717, 1.165) is 49.6 Å². The number of piperidine rings is 1. The molecular formula is C32H40FN7O2. The average molecular weight is 574 g/mol. The van der Waals surface area contributed by atoms with Gasteiger partial charge in [-0.25, -0.2) is 9.37 Å². The second-order valence-electron chi connectivity index (χ2n) is 12.6. The molecule has 1 saturated carbocycles. The molecule has 222 valence electrons. The van der Waals surface area contributed by atoms with E-state index >= 15 is 0 Å². The van der Waals surface area contributed by atoms with Crippen molar-refractivity contribution in [2.45, 2.75) is 69.7 Å². The topological polar surface area (TPSA) is 78.8 Å². The molecule has 3 aromatic rings. The molecule has 2 unspecified atom stereocenters. The van der Waals surface area contributed by atoms with E-state index in [1.807, 2.05) is 32.0 Å². The summed E-state index contributed by atoms with van der Waals surface area (Å²) in [7, 11) is 4.08. The first-order chi connectivity index (χ1) is 20.3. The Bertz CT molecular complexity index is 1510. The number of nitrogens with zero attached hydrogens (tertiary/aromatic N) is 6. The zero-order valence-corrected chi connectivity index (χ0v) is 24.9. The smallest absolute Gasteiger partial charge is 0.254 e.